The molecule has 0 aromatic heterocycles. The summed E-state index contributed by atoms with van der Waals surface area (Å²) in [5.74, 6) is -0.256. The molecule has 0 aliphatic heterocycles. The van der Waals surface area contributed by atoms with Crippen LogP contribution >= 0.6 is 0 Å². The predicted octanol–water partition coefficient (Wildman–Crippen LogP) is 1.63. The lowest BCUT2D eigenvalue weighted by Crippen LogP contribution is -2.58. The molecule has 5 rings (SSSR count). The number of aliphatic hydroxyl groups is 1. The molecule has 144 valence electrons. The molecule has 0 radical (unpaired) electrons. The van der Waals surface area contributed by atoms with Crippen molar-refractivity contribution in [2.75, 3.05) is 6.61 Å². The van der Waals surface area contributed by atoms with Crippen molar-refractivity contribution in [3.8, 4) is 0 Å². The summed E-state index contributed by atoms with van der Waals surface area (Å²) in [7, 11) is 0. The van der Waals surface area contributed by atoms with Crippen molar-refractivity contribution >= 4 is 17.9 Å². The Morgan fingerprint density at radius 2 is 1.69 bits per heavy atom. The van der Waals surface area contributed by atoms with Gasteiger partial charge in [0.15, 0.2) is 6.61 Å². The highest BCUT2D eigenvalue weighted by Crippen LogP contribution is 2.61. The molecule has 5 saturated carbocycles. The molecule has 5 aliphatic carbocycles. The summed E-state index contributed by atoms with van der Waals surface area (Å²) in [5, 5.41) is 15.7. The number of ether oxygens (including phenoxy) is 1. The van der Waals surface area contributed by atoms with Crippen LogP contribution in [0, 0.1) is 17.3 Å². The molecule has 7 heteroatoms. The number of carbonyl (C=O) groups excluding carboxylic acids is 3. The number of nitrogens with one attached hydrogen (secondary N) is 2. The van der Waals surface area contributed by atoms with E-state index in [-0.39, 0.29) is 6.04 Å². The second-order valence-electron chi connectivity index (χ2n) is 9.04. The number of hydrogen-bond donors (Lipinski definition) is 3. The van der Waals surface area contributed by atoms with Gasteiger partial charge in [-0.2, -0.15) is 0 Å². The van der Waals surface area contributed by atoms with E-state index in [2.05, 4.69) is 10.6 Å². The van der Waals surface area contributed by atoms with Crippen molar-refractivity contribution in [1.82, 2.24) is 10.6 Å². The van der Waals surface area contributed by atoms with Crippen LogP contribution in [0.15, 0.2) is 0 Å². The highest BCUT2D eigenvalue weighted by Gasteiger charge is 2.60. The minimum absolute atomic E-state index is 0.123. The fourth-order valence-corrected chi connectivity index (χ4v) is 6.19. The van der Waals surface area contributed by atoms with Crippen molar-refractivity contribution in [1.29, 1.82) is 0 Å². The van der Waals surface area contributed by atoms with Crippen molar-refractivity contribution in [2.45, 2.75) is 75.9 Å². The monoisotopic (exact) mass is 364 g/mol. The first kappa shape index (κ1) is 17.8. The van der Waals surface area contributed by atoms with Crippen molar-refractivity contribution in [3.05, 3.63) is 0 Å². The summed E-state index contributed by atoms with van der Waals surface area (Å²) >= 11 is 0. The van der Waals surface area contributed by atoms with Gasteiger partial charge in [0.2, 0.25) is 0 Å². The van der Waals surface area contributed by atoms with Gasteiger partial charge in [-0.1, -0.05) is 12.8 Å². The van der Waals surface area contributed by atoms with Gasteiger partial charge in [-0.05, 0) is 63.2 Å². The zero-order chi connectivity index (χ0) is 18.4. The van der Waals surface area contributed by atoms with Crippen molar-refractivity contribution in [3.63, 3.8) is 0 Å². The van der Waals surface area contributed by atoms with Gasteiger partial charge in [-0.3, -0.25) is 14.9 Å². The minimum atomic E-state index is -0.744. The molecule has 4 bridgehead atoms. The summed E-state index contributed by atoms with van der Waals surface area (Å²) < 4.78 is 5.26. The first-order valence-electron chi connectivity index (χ1n) is 9.86. The van der Waals surface area contributed by atoms with Gasteiger partial charge in [0, 0.05) is 6.04 Å². The molecular formula is C19H28N2O5. The fraction of sp³-hybridized carbons (Fsp3) is 0.842. The van der Waals surface area contributed by atoms with Crippen molar-refractivity contribution < 1.29 is 24.2 Å². The number of urea groups is 1. The zero-order valence-corrected chi connectivity index (χ0v) is 15.1. The maximum absolute atomic E-state index is 12.7. The lowest BCUT2D eigenvalue weighted by Gasteiger charge is -2.58. The smallest absolute Gasteiger partial charge is 0.321 e. The molecule has 0 aromatic carbocycles. The third-order valence-electron chi connectivity index (χ3n) is 6.74. The number of imide groups is 1. The molecule has 4 atom stereocenters. The van der Waals surface area contributed by atoms with E-state index in [1.165, 1.54) is 0 Å². The molecule has 2 unspecified atom stereocenters. The van der Waals surface area contributed by atoms with Crippen LogP contribution in [-0.4, -0.2) is 41.3 Å². The summed E-state index contributed by atoms with van der Waals surface area (Å²) in [6.45, 7) is -0.452. The van der Waals surface area contributed by atoms with Crippen molar-refractivity contribution in [2.24, 2.45) is 17.3 Å². The van der Waals surface area contributed by atoms with Crippen LogP contribution in [0.25, 0.3) is 0 Å². The van der Waals surface area contributed by atoms with E-state index >= 15 is 0 Å². The molecule has 0 aromatic rings. The largest absolute Gasteiger partial charge is 0.455 e. The Balaban J connectivity index is 1.27. The van der Waals surface area contributed by atoms with Gasteiger partial charge in [-0.25, -0.2) is 4.79 Å². The number of hydrogen-bond acceptors (Lipinski definition) is 5. The molecule has 3 N–H and O–H groups in total. The van der Waals surface area contributed by atoms with E-state index in [1.54, 1.807) is 0 Å². The van der Waals surface area contributed by atoms with Gasteiger partial charge >= 0.3 is 12.0 Å². The molecule has 7 nitrogen and oxygen atoms in total. The van der Waals surface area contributed by atoms with Crippen LogP contribution in [0.4, 0.5) is 4.79 Å². The van der Waals surface area contributed by atoms with E-state index in [0.29, 0.717) is 18.3 Å². The fourth-order valence-electron chi connectivity index (χ4n) is 6.19. The molecule has 0 spiro atoms. The molecule has 3 amide bonds. The second kappa shape index (κ2) is 6.51. The average Bonchev–Trinajstić information content (AvgIpc) is 3.02. The standard InChI is InChI=1S/C19H28N2O5/c22-15(21-17(24)20-14-3-1-2-4-14)10-26-16(23)18-6-12-5-13(7-18)9-19(25,8-12)11-18/h12-14,25H,1-11H2,(H2,20,21,22,24)/t12-,13+,18?,19?. The Labute approximate surface area is 153 Å². The number of rotatable bonds is 4. The zero-order valence-electron chi connectivity index (χ0n) is 15.1. The maximum atomic E-state index is 12.7. The second-order valence-corrected chi connectivity index (χ2v) is 9.04. The number of amides is 3. The Hall–Kier alpha value is -1.63. The molecule has 0 saturated heterocycles. The van der Waals surface area contributed by atoms with Gasteiger partial charge < -0.3 is 15.2 Å². The third kappa shape index (κ3) is 3.46. The summed E-state index contributed by atoms with van der Waals surface area (Å²) in [5.41, 5.74) is -1.39. The van der Waals surface area contributed by atoms with Crippen LogP contribution in [0.2, 0.25) is 0 Å². The number of carbonyl (C=O) groups is 3. The topological polar surface area (TPSA) is 105 Å². The number of esters is 1. The van der Waals surface area contributed by atoms with Crippen LogP contribution in [0.5, 0.6) is 0 Å². The Bertz CT molecular complexity index is 599. The molecule has 0 heterocycles. The van der Waals surface area contributed by atoms with Gasteiger partial charge in [0.05, 0.1) is 11.0 Å². The van der Waals surface area contributed by atoms with E-state index in [1.807, 2.05) is 0 Å². The Kier molecular flexibility index (Phi) is 4.45. The molecule has 26 heavy (non-hydrogen) atoms. The first-order valence-corrected chi connectivity index (χ1v) is 9.86. The average molecular weight is 364 g/mol. The van der Waals surface area contributed by atoms with Gasteiger partial charge in [0.1, 0.15) is 0 Å². The van der Waals surface area contributed by atoms with Crippen LogP contribution in [-0.2, 0) is 14.3 Å². The molecule has 5 fully saturated rings. The Morgan fingerprint density at radius 1 is 1.04 bits per heavy atom. The Morgan fingerprint density at radius 3 is 2.31 bits per heavy atom. The summed E-state index contributed by atoms with van der Waals surface area (Å²) in [6, 6.07) is -0.403. The highest BCUT2D eigenvalue weighted by molar-refractivity contribution is 5.95. The third-order valence-corrected chi connectivity index (χ3v) is 6.74. The van der Waals surface area contributed by atoms with E-state index in [9.17, 15) is 19.5 Å². The van der Waals surface area contributed by atoms with Crippen LogP contribution in [0.1, 0.15) is 64.2 Å². The SMILES string of the molecule is O=C(COC(=O)C12C[C@@H]3C[C@@H](CC(O)(C3)C1)C2)NC(=O)NC1CCCC1. The molecule has 5 aliphatic rings. The van der Waals surface area contributed by atoms with E-state index in [4.69, 9.17) is 4.74 Å². The predicted molar refractivity (Wildman–Crippen MR) is 92.0 cm³/mol. The van der Waals surface area contributed by atoms with Crippen LogP contribution in [0.3, 0.4) is 0 Å². The van der Waals surface area contributed by atoms with E-state index in [0.717, 1.165) is 57.8 Å². The van der Waals surface area contributed by atoms with Crippen LogP contribution < -0.4 is 10.6 Å². The molecular weight excluding hydrogens is 336 g/mol. The summed E-state index contributed by atoms with van der Waals surface area (Å²) in [4.78, 5) is 36.4. The lowest BCUT2D eigenvalue weighted by atomic mass is 9.48. The lowest BCUT2D eigenvalue weighted by molar-refractivity contribution is -0.196. The quantitative estimate of drug-likeness (QED) is 0.658. The minimum Gasteiger partial charge on any atom is -0.455 e. The first-order chi connectivity index (χ1) is 12.4. The summed E-state index contributed by atoms with van der Waals surface area (Å²) in [6.07, 6.45) is 8.62. The van der Waals surface area contributed by atoms with Gasteiger partial charge in [0.25, 0.3) is 5.91 Å². The normalized spacial score (nSPS) is 38.2. The van der Waals surface area contributed by atoms with E-state index < -0.39 is 35.5 Å². The van der Waals surface area contributed by atoms with Gasteiger partial charge in [-0.15, -0.1) is 0 Å². The maximum Gasteiger partial charge on any atom is 0.321 e. The highest BCUT2D eigenvalue weighted by atomic mass is 16.5.